The molecule has 0 aliphatic heterocycles. The lowest BCUT2D eigenvalue weighted by Crippen LogP contribution is -2.29. The molecular formula is C16H12Cl2N4O2S. The number of amides is 1. The second-order valence-corrected chi connectivity index (χ2v) is 7.20. The summed E-state index contributed by atoms with van der Waals surface area (Å²) in [6.07, 6.45) is 1.60. The molecule has 2 heterocycles. The summed E-state index contributed by atoms with van der Waals surface area (Å²) in [5, 5.41) is 12.3. The number of hydrogen-bond acceptors (Lipinski definition) is 5. The highest BCUT2D eigenvalue weighted by atomic mass is 35.5. The van der Waals surface area contributed by atoms with Crippen LogP contribution in [0.25, 0.3) is 0 Å². The Hall–Kier alpha value is -2.22. The summed E-state index contributed by atoms with van der Waals surface area (Å²) in [6, 6.07) is 8.14. The van der Waals surface area contributed by atoms with Gasteiger partial charge in [-0.15, -0.1) is 10.2 Å². The minimum absolute atomic E-state index is 0.0143. The number of carbonyl (C=O) groups excluding carboxylic acids is 1. The normalized spacial score (nSPS) is 10.7. The van der Waals surface area contributed by atoms with E-state index < -0.39 is 11.5 Å². The summed E-state index contributed by atoms with van der Waals surface area (Å²) in [5.74, 6) is -0.530. The van der Waals surface area contributed by atoms with Gasteiger partial charge in [-0.1, -0.05) is 40.6 Å². The van der Waals surface area contributed by atoms with Crippen LogP contribution in [0.4, 0.5) is 5.13 Å². The van der Waals surface area contributed by atoms with Gasteiger partial charge < -0.3 is 4.57 Å². The molecule has 0 spiro atoms. The van der Waals surface area contributed by atoms with Crippen molar-refractivity contribution in [1.29, 1.82) is 0 Å². The maximum Gasteiger partial charge on any atom is 0.263 e. The second-order valence-electron chi connectivity index (χ2n) is 5.17. The highest BCUT2D eigenvalue weighted by Crippen LogP contribution is 2.21. The number of pyridine rings is 1. The fraction of sp³-hybridized carbons (Fsp3) is 0.125. The summed E-state index contributed by atoms with van der Waals surface area (Å²) in [6.45, 7) is 2.01. The van der Waals surface area contributed by atoms with Crippen LogP contribution in [-0.2, 0) is 6.54 Å². The quantitative estimate of drug-likeness (QED) is 0.732. The molecule has 0 bridgehead atoms. The van der Waals surface area contributed by atoms with Crippen LogP contribution in [0.1, 0.15) is 20.9 Å². The Balaban J connectivity index is 1.86. The first-order valence-corrected chi connectivity index (χ1v) is 8.76. The molecule has 0 saturated carbocycles. The lowest BCUT2D eigenvalue weighted by molar-refractivity contribution is 0.102. The highest BCUT2D eigenvalue weighted by molar-refractivity contribution is 7.15. The van der Waals surface area contributed by atoms with Crippen molar-refractivity contribution in [3.63, 3.8) is 0 Å². The molecular weight excluding hydrogens is 383 g/mol. The van der Waals surface area contributed by atoms with E-state index in [4.69, 9.17) is 23.2 Å². The Morgan fingerprint density at radius 1 is 1.28 bits per heavy atom. The number of anilines is 1. The molecule has 128 valence electrons. The van der Waals surface area contributed by atoms with Crippen molar-refractivity contribution in [2.24, 2.45) is 0 Å². The van der Waals surface area contributed by atoms with E-state index in [9.17, 15) is 9.59 Å². The van der Waals surface area contributed by atoms with Gasteiger partial charge in [-0.25, -0.2) is 0 Å². The second kappa shape index (κ2) is 7.35. The zero-order valence-corrected chi connectivity index (χ0v) is 15.3. The number of benzene rings is 1. The van der Waals surface area contributed by atoms with Gasteiger partial charge in [0.05, 0.1) is 6.54 Å². The average Bonchev–Trinajstić information content (AvgIpc) is 2.96. The number of aryl methyl sites for hydroxylation is 1. The Morgan fingerprint density at radius 2 is 2.08 bits per heavy atom. The van der Waals surface area contributed by atoms with Gasteiger partial charge in [-0.3, -0.25) is 14.9 Å². The van der Waals surface area contributed by atoms with Crippen molar-refractivity contribution in [3.8, 4) is 0 Å². The highest BCUT2D eigenvalue weighted by Gasteiger charge is 2.15. The van der Waals surface area contributed by atoms with Gasteiger partial charge in [0.15, 0.2) is 0 Å². The van der Waals surface area contributed by atoms with Gasteiger partial charge in [0.2, 0.25) is 5.13 Å². The zero-order valence-electron chi connectivity index (χ0n) is 13.0. The van der Waals surface area contributed by atoms with E-state index in [0.717, 1.165) is 10.6 Å². The Bertz CT molecular complexity index is 1000. The van der Waals surface area contributed by atoms with Crippen LogP contribution in [0.5, 0.6) is 0 Å². The van der Waals surface area contributed by atoms with Crippen LogP contribution >= 0.6 is 34.5 Å². The van der Waals surface area contributed by atoms with Gasteiger partial charge in [0, 0.05) is 16.2 Å². The molecule has 25 heavy (non-hydrogen) atoms. The summed E-state index contributed by atoms with van der Waals surface area (Å²) in [7, 11) is 0. The van der Waals surface area contributed by atoms with Crippen LogP contribution in [0.3, 0.4) is 0 Å². The largest absolute Gasteiger partial charge is 0.310 e. The molecule has 6 nitrogen and oxygen atoms in total. The van der Waals surface area contributed by atoms with E-state index in [1.807, 2.05) is 0 Å². The molecule has 3 rings (SSSR count). The van der Waals surface area contributed by atoms with Crippen molar-refractivity contribution >= 4 is 45.6 Å². The molecule has 0 atom stereocenters. The molecule has 0 aliphatic rings. The molecule has 0 aliphatic carbocycles. The minimum Gasteiger partial charge on any atom is -0.310 e. The van der Waals surface area contributed by atoms with E-state index >= 15 is 0 Å². The predicted molar refractivity (Wildman–Crippen MR) is 98.9 cm³/mol. The average molecular weight is 395 g/mol. The van der Waals surface area contributed by atoms with Gasteiger partial charge in [-0.2, -0.15) is 0 Å². The van der Waals surface area contributed by atoms with Crippen molar-refractivity contribution in [2.75, 3.05) is 5.32 Å². The van der Waals surface area contributed by atoms with Crippen molar-refractivity contribution in [2.45, 2.75) is 13.5 Å². The lowest BCUT2D eigenvalue weighted by Gasteiger charge is -2.09. The third-order valence-corrected chi connectivity index (χ3v) is 4.71. The summed E-state index contributed by atoms with van der Waals surface area (Å²) in [4.78, 5) is 24.9. The van der Waals surface area contributed by atoms with Crippen molar-refractivity contribution in [3.05, 3.63) is 73.1 Å². The monoisotopic (exact) mass is 394 g/mol. The van der Waals surface area contributed by atoms with Gasteiger partial charge in [-0.05, 0) is 36.8 Å². The Kier molecular flexibility index (Phi) is 5.17. The summed E-state index contributed by atoms with van der Waals surface area (Å²) in [5.41, 5.74) is 0.318. The van der Waals surface area contributed by atoms with Crippen LogP contribution in [0, 0.1) is 6.92 Å². The molecule has 3 aromatic rings. The first kappa shape index (κ1) is 17.6. The maximum atomic E-state index is 12.6. The molecule has 1 aromatic carbocycles. The van der Waals surface area contributed by atoms with Crippen molar-refractivity contribution < 1.29 is 4.79 Å². The predicted octanol–water partition coefficient (Wildman–Crippen LogP) is 3.62. The number of nitrogens with one attached hydrogen (secondary N) is 1. The zero-order chi connectivity index (χ0) is 18.0. The lowest BCUT2D eigenvalue weighted by atomic mass is 10.2. The maximum absolute atomic E-state index is 12.6. The minimum atomic E-state index is -0.530. The third kappa shape index (κ3) is 4.07. The molecule has 0 fully saturated rings. The number of nitrogens with zero attached hydrogens (tertiary/aromatic N) is 3. The molecule has 0 saturated heterocycles. The van der Waals surface area contributed by atoms with E-state index in [2.05, 4.69) is 15.5 Å². The number of halogens is 2. The van der Waals surface area contributed by atoms with E-state index in [0.29, 0.717) is 15.2 Å². The van der Waals surface area contributed by atoms with Crippen LogP contribution < -0.4 is 10.9 Å². The standard InChI is InChI=1S/C16H12Cl2N4O2S/c1-9-20-21-16(25-9)19-14(23)12-3-2-6-22(15(12)24)8-10-4-5-11(17)7-13(10)18/h2-7H,8H2,1H3,(H,19,21,23). The van der Waals surface area contributed by atoms with Gasteiger partial charge >= 0.3 is 0 Å². The summed E-state index contributed by atoms with van der Waals surface area (Å²) >= 11 is 13.3. The fourth-order valence-corrected chi connectivity index (χ4v) is 3.23. The fourth-order valence-electron chi connectivity index (χ4n) is 2.18. The van der Waals surface area contributed by atoms with Gasteiger partial charge in [0.1, 0.15) is 10.6 Å². The Labute approximate surface area is 157 Å². The van der Waals surface area contributed by atoms with E-state index in [1.165, 1.54) is 22.0 Å². The van der Waals surface area contributed by atoms with Gasteiger partial charge in [0.25, 0.3) is 11.5 Å². The number of rotatable bonds is 4. The van der Waals surface area contributed by atoms with Crippen molar-refractivity contribution in [1.82, 2.24) is 14.8 Å². The molecule has 0 radical (unpaired) electrons. The smallest absolute Gasteiger partial charge is 0.263 e. The van der Waals surface area contributed by atoms with Crippen LogP contribution in [0.15, 0.2) is 41.3 Å². The third-order valence-electron chi connectivity index (χ3n) is 3.37. The SMILES string of the molecule is Cc1nnc(NC(=O)c2cccn(Cc3ccc(Cl)cc3Cl)c2=O)s1. The first-order valence-electron chi connectivity index (χ1n) is 7.19. The van der Waals surface area contributed by atoms with E-state index in [-0.39, 0.29) is 12.1 Å². The molecule has 1 amide bonds. The molecule has 2 aromatic heterocycles. The summed E-state index contributed by atoms with van der Waals surface area (Å²) < 4.78 is 1.41. The number of hydrogen-bond donors (Lipinski definition) is 1. The van der Waals surface area contributed by atoms with E-state index in [1.54, 1.807) is 37.4 Å². The number of carbonyl (C=O) groups is 1. The molecule has 1 N–H and O–H groups in total. The van der Waals surface area contributed by atoms with Crippen LogP contribution in [-0.4, -0.2) is 20.7 Å². The molecule has 0 unspecified atom stereocenters. The number of aromatic nitrogens is 3. The molecule has 9 heteroatoms. The Morgan fingerprint density at radius 3 is 2.76 bits per heavy atom. The topological polar surface area (TPSA) is 76.9 Å². The van der Waals surface area contributed by atoms with Crippen LogP contribution in [0.2, 0.25) is 10.0 Å². The first-order chi connectivity index (χ1) is 11.9.